The minimum atomic E-state index is -1.45. The Morgan fingerprint density at radius 2 is 1.51 bits per heavy atom. The van der Waals surface area contributed by atoms with Crippen molar-refractivity contribution < 1.29 is 34.2 Å². The number of amides is 3. The van der Waals surface area contributed by atoms with E-state index in [9.17, 15) is 34.3 Å². The second-order valence-electron chi connectivity index (χ2n) is 8.88. The summed E-state index contributed by atoms with van der Waals surface area (Å²) in [4.78, 5) is 62.0. The number of hydrogen-bond acceptors (Lipinski definition) is 8. The standard InChI is InChI=1S/C30H22N4O7S2/c1-16-23(14-31)28(43-25(16)27(37)32-18-6-3-2-4-7-18)34-24(35)15-42-20-9-5-8-19(13-20)33-26(36)21-11-10-17(29(38)39)12-22(21)30(40)41/h2-13H,15H2,1H3,(H,32,37)(H,33,36)(H,34,35)(H,38,39)(H,40,41). The van der Waals surface area contributed by atoms with E-state index in [0.29, 0.717) is 26.7 Å². The van der Waals surface area contributed by atoms with Gasteiger partial charge in [0.05, 0.1) is 32.9 Å². The second kappa shape index (κ2) is 13.5. The molecule has 0 spiro atoms. The number of carbonyl (C=O) groups is 5. The summed E-state index contributed by atoms with van der Waals surface area (Å²) in [5.74, 6) is -4.39. The van der Waals surface area contributed by atoms with Gasteiger partial charge in [-0.2, -0.15) is 5.26 Å². The number of benzene rings is 3. The Hall–Kier alpha value is -5.45. The normalized spacial score (nSPS) is 10.3. The largest absolute Gasteiger partial charge is 0.478 e. The van der Waals surface area contributed by atoms with Crippen LogP contribution in [-0.2, 0) is 4.79 Å². The predicted molar refractivity (Wildman–Crippen MR) is 162 cm³/mol. The van der Waals surface area contributed by atoms with Crippen LogP contribution >= 0.6 is 23.1 Å². The van der Waals surface area contributed by atoms with Crippen molar-refractivity contribution in [3.05, 3.63) is 105 Å². The maximum atomic E-state index is 12.8. The molecule has 5 N–H and O–H groups in total. The number of hydrogen-bond donors (Lipinski definition) is 5. The van der Waals surface area contributed by atoms with Gasteiger partial charge in [-0.05, 0) is 61.0 Å². The highest BCUT2D eigenvalue weighted by molar-refractivity contribution is 8.00. The van der Waals surface area contributed by atoms with E-state index in [1.807, 2.05) is 12.1 Å². The van der Waals surface area contributed by atoms with Crippen LogP contribution in [0, 0.1) is 18.3 Å². The van der Waals surface area contributed by atoms with Crippen molar-refractivity contribution in [1.29, 1.82) is 5.26 Å². The average Bonchev–Trinajstić information content (AvgIpc) is 3.30. The minimum Gasteiger partial charge on any atom is -0.478 e. The van der Waals surface area contributed by atoms with Crippen molar-refractivity contribution in [2.75, 3.05) is 21.7 Å². The molecule has 4 aromatic rings. The number of thiophene rings is 1. The minimum absolute atomic E-state index is 0.0510. The highest BCUT2D eigenvalue weighted by Crippen LogP contribution is 2.33. The molecule has 0 saturated carbocycles. The molecule has 216 valence electrons. The second-order valence-corrected chi connectivity index (χ2v) is 11.0. The maximum absolute atomic E-state index is 12.8. The van der Waals surface area contributed by atoms with Crippen molar-refractivity contribution in [2.24, 2.45) is 0 Å². The van der Waals surface area contributed by atoms with Crippen LogP contribution in [0.3, 0.4) is 0 Å². The molecule has 0 radical (unpaired) electrons. The number of nitriles is 1. The van der Waals surface area contributed by atoms with Crippen molar-refractivity contribution in [3.63, 3.8) is 0 Å². The third kappa shape index (κ3) is 7.45. The third-order valence-corrected chi connectivity index (χ3v) is 8.15. The van der Waals surface area contributed by atoms with E-state index in [2.05, 4.69) is 16.0 Å². The first-order valence-electron chi connectivity index (χ1n) is 12.4. The number of anilines is 3. The smallest absolute Gasteiger partial charge is 0.336 e. The van der Waals surface area contributed by atoms with Crippen LogP contribution in [0.25, 0.3) is 0 Å². The van der Waals surface area contributed by atoms with E-state index in [1.165, 1.54) is 0 Å². The SMILES string of the molecule is Cc1c(C(=O)Nc2ccccc2)sc(NC(=O)CSc2cccc(NC(=O)c3ccc(C(=O)O)cc3C(=O)O)c2)c1C#N. The molecular weight excluding hydrogens is 592 g/mol. The summed E-state index contributed by atoms with van der Waals surface area (Å²) in [7, 11) is 0. The molecule has 0 saturated heterocycles. The predicted octanol–water partition coefficient (Wildman–Crippen LogP) is 5.56. The monoisotopic (exact) mass is 614 g/mol. The van der Waals surface area contributed by atoms with Gasteiger partial charge < -0.3 is 26.2 Å². The first-order valence-corrected chi connectivity index (χ1v) is 14.2. The molecule has 4 rings (SSSR count). The molecule has 1 aromatic heterocycles. The quantitative estimate of drug-likeness (QED) is 0.143. The first-order chi connectivity index (χ1) is 20.6. The molecule has 0 bridgehead atoms. The number of para-hydroxylation sites is 1. The lowest BCUT2D eigenvalue weighted by Crippen LogP contribution is -2.17. The van der Waals surface area contributed by atoms with Gasteiger partial charge in [0.1, 0.15) is 11.1 Å². The number of aromatic carboxylic acids is 2. The molecule has 11 nitrogen and oxygen atoms in total. The number of carbonyl (C=O) groups excluding carboxylic acids is 3. The molecule has 13 heteroatoms. The Kier molecular flexibility index (Phi) is 9.56. The van der Waals surface area contributed by atoms with E-state index in [-0.39, 0.29) is 27.4 Å². The first kappa shape index (κ1) is 30.5. The van der Waals surface area contributed by atoms with Crippen molar-refractivity contribution in [1.82, 2.24) is 0 Å². The molecule has 0 fully saturated rings. The Labute approximate surface area is 253 Å². The van der Waals surface area contributed by atoms with Gasteiger partial charge in [-0.1, -0.05) is 24.3 Å². The number of carboxylic acids is 2. The lowest BCUT2D eigenvalue weighted by Gasteiger charge is -2.10. The molecule has 3 aromatic carbocycles. The fourth-order valence-corrected chi connectivity index (χ4v) is 5.71. The van der Waals surface area contributed by atoms with Crippen molar-refractivity contribution >= 4 is 69.1 Å². The summed E-state index contributed by atoms with van der Waals surface area (Å²) in [6.07, 6.45) is 0. The van der Waals surface area contributed by atoms with Crippen LogP contribution in [-0.4, -0.2) is 45.6 Å². The van der Waals surface area contributed by atoms with Crippen LogP contribution in [0.5, 0.6) is 0 Å². The summed E-state index contributed by atoms with van der Waals surface area (Å²) in [5.41, 5.74) is 0.629. The summed E-state index contributed by atoms with van der Waals surface area (Å²) in [6, 6.07) is 20.6. The highest BCUT2D eigenvalue weighted by Gasteiger charge is 2.22. The lowest BCUT2D eigenvalue weighted by molar-refractivity contribution is -0.113. The van der Waals surface area contributed by atoms with Crippen LogP contribution in [0.1, 0.15) is 51.9 Å². The van der Waals surface area contributed by atoms with Gasteiger partial charge in [0, 0.05) is 16.3 Å². The molecule has 0 aliphatic carbocycles. The van der Waals surface area contributed by atoms with Gasteiger partial charge in [-0.25, -0.2) is 9.59 Å². The summed E-state index contributed by atoms with van der Waals surface area (Å²) >= 11 is 2.15. The molecule has 0 aliphatic rings. The fourth-order valence-electron chi connectivity index (χ4n) is 3.89. The molecule has 3 amide bonds. The highest BCUT2D eigenvalue weighted by atomic mass is 32.2. The summed E-state index contributed by atoms with van der Waals surface area (Å²) in [6.45, 7) is 1.64. The average molecular weight is 615 g/mol. The molecule has 0 aliphatic heterocycles. The van der Waals surface area contributed by atoms with Crippen LogP contribution < -0.4 is 16.0 Å². The summed E-state index contributed by atoms with van der Waals surface area (Å²) in [5, 5.41) is 36.5. The van der Waals surface area contributed by atoms with E-state index < -0.39 is 35.2 Å². The molecule has 43 heavy (non-hydrogen) atoms. The summed E-state index contributed by atoms with van der Waals surface area (Å²) < 4.78 is 0. The van der Waals surface area contributed by atoms with Gasteiger partial charge in [-0.3, -0.25) is 14.4 Å². The number of nitrogens with one attached hydrogen (secondary N) is 3. The zero-order valence-corrected chi connectivity index (χ0v) is 24.0. The molecule has 1 heterocycles. The number of rotatable bonds is 10. The lowest BCUT2D eigenvalue weighted by atomic mass is 10.0. The Morgan fingerprint density at radius 1 is 0.814 bits per heavy atom. The van der Waals surface area contributed by atoms with Crippen molar-refractivity contribution in [3.8, 4) is 6.07 Å². The number of thioether (sulfide) groups is 1. The van der Waals surface area contributed by atoms with Crippen molar-refractivity contribution in [2.45, 2.75) is 11.8 Å². The molecular formula is C30H22N4O7S2. The van der Waals surface area contributed by atoms with Gasteiger partial charge in [0.2, 0.25) is 5.91 Å². The Bertz CT molecular complexity index is 1800. The number of carboxylic acid groups (broad SMARTS) is 2. The van der Waals surface area contributed by atoms with E-state index in [1.54, 1.807) is 55.5 Å². The molecule has 0 unspecified atom stereocenters. The zero-order chi connectivity index (χ0) is 31.1. The Balaban J connectivity index is 1.40. The van der Waals surface area contributed by atoms with Gasteiger partial charge in [0.15, 0.2) is 0 Å². The van der Waals surface area contributed by atoms with Crippen LogP contribution in [0.15, 0.2) is 77.7 Å². The Morgan fingerprint density at radius 3 is 2.19 bits per heavy atom. The van der Waals surface area contributed by atoms with E-state index in [0.717, 1.165) is 41.3 Å². The fraction of sp³-hybridized carbons (Fsp3) is 0.0667. The molecule has 0 atom stereocenters. The topological polar surface area (TPSA) is 186 Å². The van der Waals surface area contributed by atoms with Gasteiger partial charge in [0.25, 0.3) is 11.8 Å². The van der Waals surface area contributed by atoms with Gasteiger partial charge in [-0.15, -0.1) is 23.1 Å². The zero-order valence-electron chi connectivity index (χ0n) is 22.3. The van der Waals surface area contributed by atoms with Crippen LogP contribution in [0.4, 0.5) is 16.4 Å². The van der Waals surface area contributed by atoms with E-state index in [4.69, 9.17) is 5.11 Å². The number of nitrogens with zero attached hydrogens (tertiary/aromatic N) is 1. The van der Waals surface area contributed by atoms with E-state index >= 15 is 0 Å². The third-order valence-electron chi connectivity index (χ3n) is 5.95. The maximum Gasteiger partial charge on any atom is 0.336 e. The van der Waals surface area contributed by atoms with Crippen LogP contribution in [0.2, 0.25) is 0 Å². The van der Waals surface area contributed by atoms with Gasteiger partial charge >= 0.3 is 11.9 Å².